The van der Waals surface area contributed by atoms with Crippen molar-refractivity contribution in [3.05, 3.63) is 47.0 Å². The number of nitrogens with one attached hydrogen (secondary N) is 2. The lowest BCUT2D eigenvalue weighted by Crippen LogP contribution is -2.45. The Kier molecular flexibility index (Phi) is 6.37. The number of carbonyl (C=O) groups is 1. The minimum atomic E-state index is -3.80. The fraction of sp³-hybridized carbons (Fsp3) is 0.458. The molecular formula is C24H29N3O6S. The maximum Gasteiger partial charge on any atom is 0.266 e. The number of sulfonamides is 1. The smallest absolute Gasteiger partial charge is 0.266 e. The van der Waals surface area contributed by atoms with Crippen molar-refractivity contribution in [3.8, 4) is 17.2 Å². The molecule has 0 saturated carbocycles. The number of hydrogen-bond donors (Lipinski definition) is 2. The van der Waals surface area contributed by atoms with Crippen molar-refractivity contribution in [1.29, 1.82) is 0 Å². The molecule has 0 spiro atoms. The molecule has 2 aromatic rings. The third-order valence-electron chi connectivity index (χ3n) is 6.61. The topological polar surface area (TPSA) is 106 Å². The van der Waals surface area contributed by atoms with Crippen LogP contribution in [0.15, 0.2) is 35.2 Å². The van der Waals surface area contributed by atoms with Gasteiger partial charge >= 0.3 is 0 Å². The highest BCUT2D eigenvalue weighted by Crippen LogP contribution is 2.40. The van der Waals surface area contributed by atoms with E-state index in [4.69, 9.17) is 14.2 Å². The van der Waals surface area contributed by atoms with Crippen molar-refractivity contribution < 1.29 is 27.4 Å². The second-order valence-corrected chi connectivity index (χ2v) is 10.3. The van der Waals surface area contributed by atoms with E-state index in [2.05, 4.69) is 14.9 Å². The molecule has 10 heteroatoms. The Balaban J connectivity index is 1.43. The molecule has 34 heavy (non-hydrogen) atoms. The van der Waals surface area contributed by atoms with E-state index < -0.39 is 15.9 Å². The lowest BCUT2D eigenvalue weighted by Gasteiger charge is -2.36. The number of hydrogen-bond acceptors (Lipinski definition) is 8. The number of nitrogens with zero attached hydrogens (tertiary/aromatic N) is 1. The number of methoxy groups -OCH3 is 1. The molecule has 1 atom stereocenters. The Labute approximate surface area is 199 Å². The molecule has 0 aliphatic carbocycles. The first-order valence-electron chi connectivity index (χ1n) is 11.6. The molecule has 0 radical (unpaired) electrons. The van der Waals surface area contributed by atoms with Gasteiger partial charge in [-0.05, 0) is 37.0 Å². The minimum absolute atomic E-state index is 0.0718. The maximum absolute atomic E-state index is 12.7. The number of rotatable bonds is 7. The number of amides is 1. The van der Waals surface area contributed by atoms with Gasteiger partial charge in [-0.2, -0.15) is 0 Å². The summed E-state index contributed by atoms with van der Waals surface area (Å²) in [7, 11) is -2.17. The lowest BCUT2D eigenvalue weighted by molar-refractivity contribution is 0.0979. The Bertz CT molecular complexity index is 1190. The maximum atomic E-state index is 12.7. The third kappa shape index (κ3) is 4.33. The predicted molar refractivity (Wildman–Crippen MR) is 125 cm³/mol. The molecule has 0 bridgehead atoms. The molecule has 3 aliphatic heterocycles. The lowest BCUT2D eigenvalue weighted by atomic mass is 9.92. The summed E-state index contributed by atoms with van der Waals surface area (Å²) < 4.78 is 44.1. The van der Waals surface area contributed by atoms with E-state index >= 15 is 0 Å². The summed E-state index contributed by atoms with van der Waals surface area (Å²) in [5, 5.41) is 3.36. The number of piperazine rings is 1. The Morgan fingerprint density at radius 1 is 1.15 bits per heavy atom. The Hall–Kier alpha value is -2.82. The van der Waals surface area contributed by atoms with Crippen molar-refractivity contribution in [2.24, 2.45) is 0 Å². The zero-order valence-corrected chi connectivity index (χ0v) is 19.9. The van der Waals surface area contributed by atoms with E-state index in [-0.39, 0.29) is 16.5 Å². The monoisotopic (exact) mass is 487 g/mol. The molecule has 1 saturated heterocycles. The molecule has 5 rings (SSSR count). The Morgan fingerprint density at radius 2 is 1.94 bits per heavy atom. The second-order valence-electron chi connectivity index (χ2n) is 8.66. The van der Waals surface area contributed by atoms with Crippen molar-refractivity contribution >= 4 is 15.9 Å². The van der Waals surface area contributed by atoms with Crippen molar-refractivity contribution in [2.75, 3.05) is 46.5 Å². The highest BCUT2D eigenvalue weighted by atomic mass is 32.2. The van der Waals surface area contributed by atoms with E-state index in [9.17, 15) is 13.2 Å². The van der Waals surface area contributed by atoms with Crippen LogP contribution in [0.25, 0.3) is 0 Å². The van der Waals surface area contributed by atoms with E-state index in [1.165, 1.54) is 6.07 Å². The number of aryl methyl sites for hydroxylation is 1. The van der Waals surface area contributed by atoms with Crippen LogP contribution < -0.4 is 24.2 Å². The molecule has 2 N–H and O–H groups in total. The molecule has 1 unspecified atom stereocenters. The van der Waals surface area contributed by atoms with Gasteiger partial charge < -0.3 is 19.5 Å². The average Bonchev–Trinajstić information content (AvgIpc) is 3.10. The van der Waals surface area contributed by atoms with Crippen LogP contribution in [-0.4, -0.2) is 65.7 Å². The first-order valence-corrected chi connectivity index (χ1v) is 13.1. The van der Waals surface area contributed by atoms with Gasteiger partial charge in [0.15, 0.2) is 11.5 Å². The molecule has 1 amide bonds. The van der Waals surface area contributed by atoms with Gasteiger partial charge in [0.05, 0.1) is 12.7 Å². The van der Waals surface area contributed by atoms with E-state index in [0.29, 0.717) is 19.0 Å². The first kappa shape index (κ1) is 22.9. The fourth-order valence-corrected chi connectivity index (χ4v) is 6.23. The second kappa shape index (κ2) is 9.44. The third-order valence-corrected chi connectivity index (χ3v) is 7.98. The van der Waals surface area contributed by atoms with E-state index in [0.717, 1.165) is 68.1 Å². The molecule has 9 nitrogen and oxygen atoms in total. The van der Waals surface area contributed by atoms with E-state index in [1.807, 2.05) is 18.2 Å². The van der Waals surface area contributed by atoms with Gasteiger partial charge in [-0.1, -0.05) is 12.1 Å². The predicted octanol–water partition coefficient (Wildman–Crippen LogP) is 1.87. The van der Waals surface area contributed by atoms with Gasteiger partial charge in [0, 0.05) is 43.9 Å². The number of fused-ring (bicyclic) bond motifs is 2. The van der Waals surface area contributed by atoms with Crippen molar-refractivity contribution in [1.82, 2.24) is 14.9 Å². The number of benzene rings is 2. The van der Waals surface area contributed by atoms with Crippen LogP contribution in [0.2, 0.25) is 0 Å². The fourth-order valence-electron chi connectivity index (χ4n) is 5.04. The zero-order valence-electron chi connectivity index (χ0n) is 19.1. The molecule has 182 valence electrons. The largest absolute Gasteiger partial charge is 0.497 e. The van der Waals surface area contributed by atoms with E-state index in [1.54, 1.807) is 13.2 Å². The SMILES string of the molecule is COc1cc(CCCC(c2cccc3c2C(=O)NS3(=O)=O)N2CCNCC2)c2c(c1)OCCO2. The molecule has 2 aromatic carbocycles. The summed E-state index contributed by atoms with van der Waals surface area (Å²) in [5.74, 6) is 1.64. The van der Waals surface area contributed by atoms with Crippen LogP contribution in [-0.2, 0) is 16.4 Å². The van der Waals surface area contributed by atoms with Crippen LogP contribution in [0, 0.1) is 0 Å². The summed E-state index contributed by atoms with van der Waals surface area (Å²) in [6.45, 7) is 4.38. The number of ether oxygens (including phenoxy) is 3. The highest BCUT2D eigenvalue weighted by Gasteiger charge is 2.37. The summed E-state index contributed by atoms with van der Waals surface area (Å²) in [6, 6.07) is 8.86. The van der Waals surface area contributed by atoms with Crippen LogP contribution in [0.1, 0.15) is 40.4 Å². The molecule has 0 aromatic heterocycles. The summed E-state index contributed by atoms with van der Waals surface area (Å²) >= 11 is 0. The minimum Gasteiger partial charge on any atom is -0.497 e. The van der Waals surface area contributed by atoms with Gasteiger partial charge in [0.2, 0.25) is 0 Å². The van der Waals surface area contributed by atoms with Gasteiger partial charge in [-0.3, -0.25) is 9.69 Å². The molecule has 1 fully saturated rings. The zero-order chi connectivity index (χ0) is 23.7. The number of carbonyl (C=O) groups excluding carboxylic acids is 1. The summed E-state index contributed by atoms with van der Waals surface area (Å²) in [4.78, 5) is 15.1. The quantitative estimate of drug-likeness (QED) is 0.610. The van der Waals surface area contributed by atoms with Gasteiger partial charge in [0.25, 0.3) is 15.9 Å². The summed E-state index contributed by atoms with van der Waals surface area (Å²) in [5.41, 5.74) is 2.07. The van der Waals surface area contributed by atoms with Crippen LogP contribution >= 0.6 is 0 Å². The van der Waals surface area contributed by atoms with Gasteiger partial charge in [-0.15, -0.1) is 0 Å². The highest BCUT2D eigenvalue weighted by molar-refractivity contribution is 7.90. The molecule has 3 aliphatic rings. The van der Waals surface area contributed by atoms with Crippen LogP contribution in [0.4, 0.5) is 0 Å². The Morgan fingerprint density at radius 3 is 2.74 bits per heavy atom. The standard InChI is InChI=1S/C24H29N3O6S/c1-31-17-14-16(23-20(15-17)32-12-13-33-23)4-2-6-19(27-10-8-25-9-11-27)18-5-3-7-21-22(18)24(28)26-34(21,29)30/h3,5,7,14-15,19,25H,2,4,6,8-13H2,1H3,(H,26,28). The van der Waals surface area contributed by atoms with Crippen molar-refractivity contribution in [3.63, 3.8) is 0 Å². The average molecular weight is 488 g/mol. The van der Waals surface area contributed by atoms with Gasteiger partial charge in [0.1, 0.15) is 23.9 Å². The van der Waals surface area contributed by atoms with Crippen LogP contribution in [0.3, 0.4) is 0 Å². The van der Waals surface area contributed by atoms with Crippen LogP contribution in [0.5, 0.6) is 17.2 Å². The molecule has 3 heterocycles. The summed E-state index contributed by atoms with van der Waals surface area (Å²) in [6.07, 6.45) is 2.32. The van der Waals surface area contributed by atoms with Gasteiger partial charge in [-0.25, -0.2) is 13.1 Å². The first-order chi connectivity index (χ1) is 16.5. The molecular weight excluding hydrogens is 458 g/mol. The normalized spacial score (nSPS) is 19.9. The van der Waals surface area contributed by atoms with Crippen molar-refractivity contribution in [2.45, 2.75) is 30.2 Å².